The third-order valence-electron chi connectivity index (χ3n) is 2.83. The van der Waals surface area contributed by atoms with E-state index in [4.69, 9.17) is 5.73 Å². The minimum atomic E-state index is -0.296. The molecule has 0 fully saturated rings. The summed E-state index contributed by atoms with van der Waals surface area (Å²) in [6.07, 6.45) is 0. The number of hydrogen-bond acceptors (Lipinski definition) is 2. The van der Waals surface area contributed by atoms with E-state index in [-0.39, 0.29) is 5.82 Å². The van der Waals surface area contributed by atoms with Gasteiger partial charge >= 0.3 is 0 Å². The van der Waals surface area contributed by atoms with E-state index in [2.05, 4.69) is 21.2 Å². The molecule has 0 aliphatic heterocycles. The summed E-state index contributed by atoms with van der Waals surface area (Å²) >= 11 is 3.17. The lowest BCUT2D eigenvalue weighted by Gasteiger charge is -2.14. The maximum atomic E-state index is 13.5. The second-order valence-electron chi connectivity index (χ2n) is 4.25. The summed E-state index contributed by atoms with van der Waals surface area (Å²) < 4.78 is 14.0. The largest absolute Gasteiger partial charge is 0.397 e. The van der Waals surface area contributed by atoms with E-state index in [1.165, 1.54) is 6.07 Å². The fourth-order valence-electron chi connectivity index (χ4n) is 1.78. The van der Waals surface area contributed by atoms with Gasteiger partial charge in [0.15, 0.2) is 0 Å². The molecule has 3 N–H and O–H groups in total. The first-order valence-corrected chi connectivity index (χ1v) is 6.36. The number of anilines is 3. The summed E-state index contributed by atoms with van der Waals surface area (Å²) in [5, 5.41) is 3.19. The van der Waals surface area contributed by atoms with Gasteiger partial charge in [-0.1, -0.05) is 12.1 Å². The number of rotatable bonds is 2. The Morgan fingerprint density at radius 2 is 1.89 bits per heavy atom. The molecular weight excluding hydrogens is 295 g/mol. The molecule has 2 rings (SSSR count). The third-order valence-corrected chi connectivity index (χ3v) is 3.44. The molecule has 0 aromatic heterocycles. The van der Waals surface area contributed by atoms with Gasteiger partial charge in [0.05, 0.1) is 15.8 Å². The van der Waals surface area contributed by atoms with Gasteiger partial charge in [0, 0.05) is 5.69 Å². The molecule has 0 saturated carbocycles. The lowest BCUT2D eigenvalue weighted by molar-refractivity contribution is 0.621. The van der Waals surface area contributed by atoms with Crippen LogP contribution in [-0.4, -0.2) is 0 Å². The summed E-state index contributed by atoms with van der Waals surface area (Å²) in [6.45, 7) is 3.88. The van der Waals surface area contributed by atoms with Crippen molar-refractivity contribution in [3.05, 3.63) is 51.7 Å². The molecule has 0 heterocycles. The maximum absolute atomic E-state index is 13.5. The van der Waals surface area contributed by atoms with Gasteiger partial charge in [-0.2, -0.15) is 0 Å². The number of hydrogen-bond donors (Lipinski definition) is 2. The topological polar surface area (TPSA) is 38.0 Å². The average molecular weight is 309 g/mol. The van der Waals surface area contributed by atoms with Crippen molar-refractivity contribution in [1.29, 1.82) is 0 Å². The molecule has 2 aromatic rings. The van der Waals surface area contributed by atoms with Crippen LogP contribution in [0, 0.1) is 19.7 Å². The number of aryl methyl sites for hydroxylation is 2. The Morgan fingerprint density at radius 1 is 1.17 bits per heavy atom. The van der Waals surface area contributed by atoms with Crippen molar-refractivity contribution in [2.75, 3.05) is 11.1 Å². The Bertz CT molecular complexity index is 576. The standard InChI is InChI=1S/C14H14BrFN2/c1-8-4-3-5-12(17)14(8)18-13-7-11(16)10(15)6-9(13)2/h3-7,18H,17H2,1-2H3. The highest BCUT2D eigenvalue weighted by Crippen LogP contribution is 2.30. The second-order valence-corrected chi connectivity index (χ2v) is 5.10. The third kappa shape index (κ3) is 2.48. The Labute approximate surface area is 114 Å². The molecule has 0 saturated heterocycles. The molecule has 4 heteroatoms. The van der Waals surface area contributed by atoms with Crippen LogP contribution in [0.5, 0.6) is 0 Å². The Morgan fingerprint density at radius 3 is 2.56 bits per heavy atom. The Kier molecular flexibility index (Phi) is 3.57. The molecular formula is C14H14BrFN2. The molecule has 2 aromatic carbocycles. The summed E-state index contributed by atoms with van der Waals surface area (Å²) in [6, 6.07) is 8.88. The van der Waals surface area contributed by atoms with E-state index in [0.717, 1.165) is 22.5 Å². The molecule has 0 radical (unpaired) electrons. The first kappa shape index (κ1) is 12.9. The maximum Gasteiger partial charge on any atom is 0.139 e. The molecule has 0 spiro atoms. The molecule has 0 unspecified atom stereocenters. The number of nitrogens with one attached hydrogen (secondary N) is 1. The van der Waals surface area contributed by atoms with Crippen molar-refractivity contribution in [3.63, 3.8) is 0 Å². The molecule has 2 nitrogen and oxygen atoms in total. The van der Waals surface area contributed by atoms with E-state index in [1.54, 1.807) is 6.07 Å². The summed E-state index contributed by atoms with van der Waals surface area (Å²) in [5.41, 5.74) is 10.1. The van der Waals surface area contributed by atoms with Gasteiger partial charge in [0.25, 0.3) is 0 Å². The molecule has 0 aliphatic rings. The summed E-state index contributed by atoms with van der Waals surface area (Å²) in [4.78, 5) is 0. The van der Waals surface area contributed by atoms with E-state index >= 15 is 0 Å². The highest BCUT2D eigenvalue weighted by Gasteiger charge is 2.08. The minimum absolute atomic E-state index is 0.296. The van der Waals surface area contributed by atoms with Crippen LogP contribution in [0.4, 0.5) is 21.5 Å². The molecule has 94 valence electrons. The van der Waals surface area contributed by atoms with Crippen LogP contribution in [0.1, 0.15) is 11.1 Å². The SMILES string of the molecule is Cc1cc(Br)c(F)cc1Nc1c(C)cccc1N. The highest BCUT2D eigenvalue weighted by atomic mass is 79.9. The van der Waals surface area contributed by atoms with Gasteiger partial charge < -0.3 is 11.1 Å². The Hall–Kier alpha value is -1.55. The number of para-hydroxylation sites is 1. The van der Waals surface area contributed by atoms with Crippen molar-refractivity contribution in [2.45, 2.75) is 13.8 Å². The summed E-state index contributed by atoms with van der Waals surface area (Å²) in [5.74, 6) is -0.296. The molecule has 0 aliphatic carbocycles. The molecule has 0 amide bonds. The summed E-state index contributed by atoms with van der Waals surface area (Å²) in [7, 11) is 0. The van der Waals surface area contributed by atoms with Crippen LogP contribution in [0.25, 0.3) is 0 Å². The quantitative estimate of drug-likeness (QED) is 0.800. The van der Waals surface area contributed by atoms with E-state index < -0.39 is 0 Å². The monoisotopic (exact) mass is 308 g/mol. The van der Waals surface area contributed by atoms with Gasteiger partial charge in [-0.05, 0) is 59.1 Å². The predicted octanol–water partition coefficient (Wildman–Crippen LogP) is 4.53. The van der Waals surface area contributed by atoms with Gasteiger partial charge in [0.2, 0.25) is 0 Å². The van der Waals surface area contributed by atoms with Crippen molar-refractivity contribution < 1.29 is 4.39 Å². The van der Waals surface area contributed by atoms with Crippen molar-refractivity contribution in [1.82, 2.24) is 0 Å². The second kappa shape index (κ2) is 4.98. The lowest BCUT2D eigenvalue weighted by atomic mass is 10.1. The number of benzene rings is 2. The zero-order valence-electron chi connectivity index (χ0n) is 10.2. The zero-order chi connectivity index (χ0) is 13.3. The van der Waals surface area contributed by atoms with Crippen molar-refractivity contribution in [3.8, 4) is 0 Å². The van der Waals surface area contributed by atoms with Crippen LogP contribution in [0.15, 0.2) is 34.8 Å². The zero-order valence-corrected chi connectivity index (χ0v) is 11.8. The van der Waals surface area contributed by atoms with E-state index in [9.17, 15) is 4.39 Å². The van der Waals surface area contributed by atoms with Crippen LogP contribution >= 0.6 is 15.9 Å². The molecule has 0 atom stereocenters. The number of halogens is 2. The van der Waals surface area contributed by atoms with Crippen molar-refractivity contribution in [2.24, 2.45) is 0 Å². The number of nitrogen functional groups attached to an aromatic ring is 1. The first-order chi connectivity index (χ1) is 8.49. The van der Waals surface area contributed by atoms with Crippen LogP contribution in [-0.2, 0) is 0 Å². The van der Waals surface area contributed by atoms with Gasteiger partial charge in [0.1, 0.15) is 5.82 Å². The average Bonchev–Trinajstić information content (AvgIpc) is 2.30. The van der Waals surface area contributed by atoms with Crippen molar-refractivity contribution >= 4 is 33.0 Å². The van der Waals surface area contributed by atoms with Crippen LogP contribution in [0.3, 0.4) is 0 Å². The fourth-order valence-corrected chi connectivity index (χ4v) is 2.23. The minimum Gasteiger partial charge on any atom is -0.397 e. The normalized spacial score (nSPS) is 10.4. The Balaban J connectivity index is 2.43. The number of nitrogens with two attached hydrogens (primary N) is 1. The predicted molar refractivity (Wildman–Crippen MR) is 77.7 cm³/mol. The van der Waals surface area contributed by atoms with Crippen LogP contribution in [0.2, 0.25) is 0 Å². The van der Waals surface area contributed by atoms with Gasteiger partial charge in [-0.15, -0.1) is 0 Å². The van der Waals surface area contributed by atoms with Gasteiger partial charge in [-0.25, -0.2) is 4.39 Å². The van der Waals surface area contributed by atoms with E-state index in [1.807, 2.05) is 32.0 Å². The smallest absolute Gasteiger partial charge is 0.139 e. The lowest BCUT2D eigenvalue weighted by Crippen LogP contribution is -2.00. The fraction of sp³-hybridized carbons (Fsp3) is 0.143. The highest BCUT2D eigenvalue weighted by molar-refractivity contribution is 9.10. The van der Waals surface area contributed by atoms with Crippen LogP contribution < -0.4 is 11.1 Å². The van der Waals surface area contributed by atoms with Gasteiger partial charge in [-0.3, -0.25) is 0 Å². The van der Waals surface area contributed by atoms with E-state index in [0.29, 0.717) is 10.2 Å². The molecule has 0 bridgehead atoms. The molecule has 18 heavy (non-hydrogen) atoms. The first-order valence-electron chi connectivity index (χ1n) is 5.57.